The summed E-state index contributed by atoms with van der Waals surface area (Å²) in [6.07, 6.45) is 3.42. The molecule has 2 aliphatic rings. The van der Waals surface area contributed by atoms with Crippen molar-refractivity contribution in [1.82, 2.24) is 4.90 Å². The Bertz CT molecular complexity index is 687. The number of aliphatic imine (C=N–C) groups is 1. The number of hydrogen-bond acceptors (Lipinski definition) is 2. The van der Waals surface area contributed by atoms with E-state index in [4.69, 9.17) is 23.2 Å². The lowest BCUT2D eigenvalue weighted by molar-refractivity contribution is -0.126. The van der Waals surface area contributed by atoms with Crippen LogP contribution in [0.2, 0.25) is 5.02 Å². The number of carbonyl (C=O) groups excluding carboxylic acids is 1. The number of likely N-dealkylation sites (N-methyl/N-ethyl adjacent to an activating group) is 1. The number of hydrogen-bond donors (Lipinski definition) is 0. The summed E-state index contributed by atoms with van der Waals surface area (Å²) in [5.41, 5.74) is 3.66. The van der Waals surface area contributed by atoms with E-state index < -0.39 is 0 Å². The van der Waals surface area contributed by atoms with Crippen LogP contribution in [0.5, 0.6) is 0 Å². The zero-order chi connectivity index (χ0) is 15.0. The van der Waals surface area contributed by atoms with Gasteiger partial charge in [-0.2, -0.15) is 0 Å². The highest BCUT2D eigenvalue weighted by atomic mass is 35.5. The largest absolute Gasteiger partial charge is 0.317 e. The lowest BCUT2D eigenvalue weighted by Gasteiger charge is -2.24. The molecule has 0 N–H and O–H groups in total. The van der Waals surface area contributed by atoms with Gasteiger partial charge in [-0.1, -0.05) is 35.3 Å². The molecule has 108 valence electrons. The number of benzene rings is 1. The molecule has 1 aliphatic heterocycles. The monoisotopic (exact) mass is 320 g/mol. The van der Waals surface area contributed by atoms with Crippen molar-refractivity contribution in [2.24, 2.45) is 4.99 Å². The molecule has 21 heavy (non-hydrogen) atoms. The summed E-state index contributed by atoms with van der Waals surface area (Å²) < 4.78 is 0. The van der Waals surface area contributed by atoms with E-state index >= 15 is 0 Å². The van der Waals surface area contributed by atoms with Crippen molar-refractivity contribution in [3.63, 3.8) is 0 Å². The Morgan fingerprint density at radius 2 is 1.86 bits per heavy atom. The van der Waals surface area contributed by atoms with Crippen molar-refractivity contribution in [3.8, 4) is 0 Å². The molecule has 5 heteroatoms. The number of allylic oxidation sites excluding steroid dienone is 4. The van der Waals surface area contributed by atoms with Gasteiger partial charge in [0.25, 0.3) is 0 Å². The topological polar surface area (TPSA) is 32.7 Å². The molecule has 0 saturated carbocycles. The predicted molar refractivity (Wildman–Crippen MR) is 85.8 cm³/mol. The predicted octanol–water partition coefficient (Wildman–Crippen LogP) is 3.77. The second kappa shape index (κ2) is 5.66. The van der Waals surface area contributed by atoms with Crippen molar-refractivity contribution >= 4 is 34.8 Å². The van der Waals surface area contributed by atoms with Gasteiger partial charge in [0.05, 0.1) is 5.71 Å². The molecule has 0 saturated heterocycles. The van der Waals surface area contributed by atoms with E-state index in [9.17, 15) is 4.79 Å². The van der Waals surface area contributed by atoms with Crippen molar-refractivity contribution in [2.45, 2.75) is 12.8 Å². The molecule has 1 aromatic carbocycles. The molecule has 0 fully saturated rings. The molecule has 3 nitrogen and oxygen atoms in total. The first kappa shape index (κ1) is 14.4. The van der Waals surface area contributed by atoms with Crippen LogP contribution in [0.3, 0.4) is 0 Å². The first-order valence-electron chi connectivity index (χ1n) is 6.73. The minimum Gasteiger partial charge on any atom is -0.317 e. The lowest BCUT2D eigenvalue weighted by Crippen LogP contribution is -2.28. The van der Waals surface area contributed by atoms with Crippen LogP contribution in [0.4, 0.5) is 0 Å². The molecule has 0 atom stereocenters. The molecule has 1 aromatic rings. The van der Waals surface area contributed by atoms with Gasteiger partial charge in [0, 0.05) is 33.9 Å². The van der Waals surface area contributed by atoms with E-state index in [1.165, 1.54) is 0 Å². The van der Waals surface area contributed by atoms with E-state index in [-0.39, 0.29) is 12.5 Å². The highest BCUT2D eigenvalue weighted by molar-refractivity contribution is 6.31. The zero-order valence-electron chi connectivity index (χ0n) is 11.6. The molecule has 0 unspecified atom stereocenters. The summed E-state index contributed by atoms with van der Waals surface area (Å²) in [5, 5.41) is 1.46. The molecule has 3 rings (SSSR count). The Morgan fingerprint density at radius 1 is 1.14 bits per heavy atom. The molecule has 1 aliphatic carbocycles. The number of carbonyl (C=O) groups is 1. The fourth-order valence-corrected chi connectivity index (χ4v) is 2.91. The van der Waals surface area contributed by atoms with Crippen LogP contribution in [0.15, 0.2) is 51.6 Å². The number of halogens is 2. The fraction of sp³-hybridized carbons (Fsp3) is 0.250. The van der Waals surface area contributed by atoms with Gasteiger partial charge in [0.1, 0.15) is 6.54 Å². The Kier molecular flexibility index (Phi) is 3.87. The van der Waals surface area contributed by atoms with Gasteiger partial charge in [-0.25, -0.2) is 0 Å². The molecule has 1 amide bonds. The summed E-state index contributed by atoms with van der Waals surface area (Å²) in [4.78, 5) is 18.3. The SMILES string of the molecule is CN1C(=O)CN=C(c2ccc(Cl)cc2)C2=C1CCC(Cl)=C2. The quantitative estimate of drug-likeness (QED) is 0.775. The summed E-state index contributed by atoms with van der Waals surface area (Å²) in [7, 11) is 1.80. The average Bonchev–Trinajstić information content (AvgIpc) is 2.59. The van der Waals surface area contributed by atoms with Crippen LogP contribution in [0.25, 0.3) is 0 Å². The summed E-state index contributed by atoms with van der Waals surface area (Å²) in [6, 6.07) is 7.48. The van der Waals surface area contributed by atoms with E-state index in [0.29, 0.717) is 5.02 Å². The van der Waals surface area contributed by atoms with Crippen molar-refractivity contribution in [3.05, 3.63) is 57.2 Å². The zero-order valence-corrected chi connectivity index (χ0v) is 13.1. The van der Waals surface area contributed by atoms with Crippen LogP contribution >= 0.6 is 23.2 Å². The van der Waals surface area contributed by atoms with Crippen LogP contribution in [-0.4, -0.2) is 30.1 Å². The minimum atomic E-state index is -0.00196. The van der Waals surface area contributed by atoms with Crippen LogP contribution in [0.1, 0.15) is 18.4 Å². The summed E-state index contributed by atoms with van der Waals surface area (Å²) in [6.45, 7) is 0.146. The Labute approximate surface area is 133 Å². The van der Waals surface area contributed by atoms with Gasteiger partial charge in [-0.3, -0.25) is 9.79 Å². The molecular weight excluding hydrogens is 307 g/mol. The van der Waals surface area contributed by atoms with E-state index in [2.05, 4.69) is 4.99 Å². The van der Waals surface area contributed by atoms with Crippen LogP contribution < -0.4 is 0 Å². The third-order valence-corrected chi connectivity index (χ3v) is 4.29. The third-order valence-electron chi connectivity index (χ3n) is 3.74. The van der Waals surface area contributed by atoms with Gasteiger partial charge in [-0.05, 0) is 31.1 Å². The summed E-state index contributed by atoms with van der Waals surface area (Å²) in [5.74, 6) is -0.00196. The fourth-order valence-electron chi connectivity index (χ4n) is 2.58. The molecular formula is C16H14Cl2N2O. The first-order chi connectivity index (χ1) is 10.1. The van der Waals surface area contributed by atoms with Crippen LogP contribution in [0, 0.1) is 0 Å². The maximum atomic E-state index is 12.1. The normalized spacial score (nSPS) is 19.0. The van der Waals surface area contributed by atoms with Crippen LogP contribution in [-0.2, 0) is 4.79 Å². The molecule has 0 aromatic heterocycles. The number of amides is 1. The lowest BCUT2D eigenvalue weighted by atomic mass is 9.94. The number of rotatable bonds is 1. The molecule has 1 heterocycles. The molecule has 0 bridgehead atoms. The van der Waals surface area contributed by atoms with Gasteiger partial charge in [0.15, 0.2) is 0 Å². The van der Waals surface area contributed by atoms with E-state index in [0.717, 1.165) is 40.4 Å². The Hall–Kier alpha value is -1.58. The first-order valence-corrected chi connectivity index (χ1v) is 7.48. The Morgan fingerprint density at radius 3 is 2.57 bits per heavy atom. The van der Waals surface area contributed by atoms with E-state index in [1.807, 2.05) is 30.3 Å². The molecule has 0 spiro atoms. The highest BCUT2D eigenvalue weighted by Gasteiger charge is 2.26. The maximum absolute atomic E-state index is 12.1. The third kappa shape index (κ3) is 2.76. The van der Waals surface area contributed by atoms with Crippen molar-refractivity contribution in [2.75, 3.05) is 13.6 Å². The minimum absolute atomic E-state index is 0.00196. The van der Waals surface area contributed by atoms with Crippen molar-refractivity contribution < 1.29 is 4.79 Å². The maximum Gasteiger partial charge on any atom is 0.248 e. The second-order valence-corrected chi connectivity index (χ2v) is 6.00. The number of nitrogens with zero attached hydrogens (tertiary/aromatic N) is 2. The van der Waals surface area contributed by atoms with Gasteiger partial charge in [0.2, 0.25) is 5.91 Å². The van der Waals surface area contributed by atoms with Gasteiger partial charge in [-0.15, -0.1) is 0 Å². The van der Waals surface area contributed by atoms with Crippen molar-refractivity contribution in [1.29, 1.82) is 0 Å². The summed E-state index contributed by atoms with van der Waals surface area (Å²) >= 11 is 12.1. The second-order valence-electron chi connectivity index (χ2n) is 5.08. The molecule has 0 radical (unpaired) electrons. The Balaban J connectivity index is 2.15. The average molecular weight is 321 g/mol. The highest BCUT2D eigenvalue weighted by Crippen LogP contribution is 2.32. The van der Waals surface area contributed by atoms with E-state index in [1.54, 1.807) is 11.9 Å². The smallest absolute Gasteiger partial charge is 0.248 e. The van der Waals surface area contributed by atoms with Gasteiger partial charge >= 0.3 is 0 Å². The standard InChI is InChI=1S/C16H14Cl2N2O/c1-20-14-7-6-12(18)8-13(14)16(19-9-15(20)21)10-2-4-11(17)5-3-10/h2-5,8H,6-7,9H2,1H3. The van der Waals surface area contributed by atoms with Gasteiger partial charge < -0.3 is 4.90 Å².